The number of hydrogen-bond donors (Lipinski definition) is 2. The zero-order valence-electron chi connectivity index (χ0n) is 15.6. The average Bonchev–Trinajstić information content (AvgIpc) is 3.46. The van der Waals surface area contributed by atoms with Gasteiger partial charge in [0.25, 0.3) is 0 Å². The molecule has 146 valence electrons. The largest absolute Gasteiger partial charge is 0.356 e. The summed E-state index contributed by atoms with van der Waals surface area (Å²) in [6, 6.07) is 7.87. The van der Waals surface area contributed by atoms with E-state index in [4.69, 9.17) is 11.6 Å². The molecular formula is C19H26ClN5O2. The summed E-state index contributed by atoms with van der Waals surface area (Å²) in [7, 11) is 0. The molecular weight excluding hydrogens is 366 g/mol. The highest BCUT2D eigenvalue weighted by Gasteiger charge is 2.26. The molecule has 1 aromatic carbocycles. The van der Waals surface area contributed by atoms with Crippen LogP contribution in [0, 0.1) is 0 Å². The van der Waals surface area contributed by atoms with E-state index in [-0.39, 0.29) is 24.9 Å². The summed E-state index contributed by atoms with van der Waals surface area (Å²) in [4.78, 5) is 32.6. The van der Waals surface area contributed by atoms with Gasteiger partial charge in [-0.2, -0.15) is 0 Å². The molecule has 0 atom stereocenters. The first-order valence-corrected chi connectivity index (χ1v) is 9.78. The normalized spacial score (nSPS) is 17.9. The molecule has 1 aliphatic carbocycles. The van der Waals surface area contributed by atoms with Gasteiger partial charge in [0.15, 0.2) is 5.96 Å². The molecule has 7 nitrogen and oxygen atoms in total. The highest BCUT2D eigenvalue weighted by molar-refractivity contribution is 6.30. The molecule has 27 heavy (non-hydrogen) atoms. The Morgan fingerprint density at radius 3 is 2.63 bits per heavy atom. The fourth-order valence-corrected chi connectivity index (χ4v) is 3.07. The van der Waals surface area contributed by atoms with Crippen LogP contribution in [0.5, 0.6) is 0 Å². The van der Waals surface area contributed by atoms with Crippen molar-refractivity contribution in [2.45, 2.75) is 32.4 Å². The summed E-state index contributed by atoms with van der Waals surface area (Å²) in [5, 5.41) is 6.79. The van der Waals surface area contributed by atoms with E-state index in [0.717, 1.165) is 18.4 Å². The van der Waals surface area contributed by atoms with Crippen molar-refractivity contribution in [3.05, 3.63) is 34.9 Å². The topological polar surface area (TPSA) is 77.0 Å². The van der Waals surface area contributed by atoms with Gasteiger partial charge in [0.1, 0.15) is 6.54 Å². The van der Waals surface area contributed by atoms with Gasteiger partial charge in [0.2, 0.25) is 11.8 Å². The molecule has 1 saturated heterocycles. The molecule has 1 aliphatic heterocycles. The number of aliphatic imine (C=N–C) groups is 1. The number of carbonyl (C=O) groups excluding carboxylic acids is 2. The van der Waals surface area contributed by atoms with Crippen molar-refractivity contribution in [2.75, 3.05) is 32.7 Å². The minimum atomic E-state index is -0.0689. The lowest BCUT2D eigenvalue weighted by Gasteiger charge is -2.36. The van der Waals surface area contributed by atoms with Crippen LogP contribution in [-0.2, 0) is 16.1 Å². The van der Waals surface area contributed by atoms with E-state index in [1.807, 2.05) is 41.0 Å². The smallest absolute Gasteiger partial charge is 0.242 e. The van der Waals surface area contributed by atoms with Gasteiger partial charge in [-0.3, -0.25) is 9.59 Å². The lowest BCUT2D eigenvalue weighted by molar-refractivity contribution is -0.135. The molecule has 1 aromatic rings. The summed E-state index contributed by atoms with van der Waals surface area (Å²) in [6.07, 6.45) is 2.11. The maximum atomic E-state index is 12.6. The highest BCUT2D eigenvalue weighted by atomic mass is 35.5. The van der Waals surface area contributed by atoms with E-state index in [0.29, 0.717) is 43.2 Å². The number of hydrogen-bond acceptors (Lipinski definition) is 3. The van der Waals surface area contributed by atoms with Crippen LogP contribution in [0.4, 0.5) is 0 Å². The highest BCUT2D eigenvalue weighted by Crippen LogP contribution is 2.18. The molecule has 3 rings (SSSR count). The summed E-state index contributed by atoms with van der Waals surface area (Å²) < 4.78 is 0. The van der Waals surface area contributed by atoms with Crippen LogP contribution in [-0.4, -0.2) is 66.3 Å². The first-order valence-electron chi connectivity index (χ1n) is 9.40. The molecule has 0 radical (unpaired) electrons. The fraction of sp³-hybridized carbons (Fsp3) is 0.526. The quantitative estimate of drug-likeness (QED) is 0.565. The number of guanidine groups is 1. The second-order valence-corrected chi connectivity index (χ2v) is 7.31. The lowest BCUT2D eigenvalue weighted by Crippen LogP contribution is -2.55. The zero-order chi connectivity index (χ0) is 19.2. The first-order chi connectivity index (χ1) is 13.0. The minimum Gasteiger partial charge on any atom is -0.356 e. The fourth-order valence-electron chi connectivity index (χ4n) is 2.94. The molecule has 0 aromatic heterocycles. The van der Waals surface area contributed by atoms with Crippen molar-refractivity contribution in [3.63, 3.8) is 0 Å². The number of carbonyl (C=O) groups is 2. The van der Waals surface area contributed by atoms with Gasteiger partial charge in [-0.05, 0) is 37.5 Å². The van der Waals surface area contributed by atoms with Crippen molar-refractivity contribution < 1.29 is 9.59 Å². The van der Waals surface area contributed by atoms with Crippen LogP contribution in [0.1, 0.15) is 25.3 Å². The third kappa shape index (κ3) is 5.85. The Labute approximate surface area is 164 Å². The third-order valence-corrected chi connectivity index (χ3v) is 4.81. The molecule has 0 spiro atoms. The van der Waals surface area contributed by atoms with Gasteiger partial charge in [-0.15, -0.1) is 0 Å². The van der Waals surface area contributed by atoms with E-state index >= 15 is 0 Å². The van der Waals surface area contributed by atoms with Crippen LogP contribution < -0.4 is 10.6 Å². The standard InChI is InChI=1S/C19H26ClN5O2/c1-2-21-19(22-11-17(26)23-16-7-8-16)25-10-9-24(18(27)13-25)12-14-3-5-15(20)6-4-14/h3-6,16H,2,7-13H2,1H3,(H,21,22)(H,23,26). The summed E-state index contributed by atoms with van der Waals surface area (Å²) in [5.74, 6) is 0.591. The second kappa shape index (κ2) is 9.08. The van der Waals surface area contributed by atoms with Crippen molar-refractivity contribution >= 4 is 29.4 Å². The molecule has 1 saturated carbocycles. The van der Waals surface area contributed by atoms with E-state index in [2.05, 4.69) is 15.6 Å². The molecule has 2 fully saturated rings. The van der Waals surface area contributed by atoms with Crippen molar-refractivity contribution in [2.24, 2.45) is 4.99 Å². The SMILES string of the molecule is CCNC(=NCC(=O)NC1CC1)N1CCN(Cc2ccc(Cl)cc2)C(=O)C1. The van der Waals surface area contributed by atoms with Gasteiger partial charge in [0.05, 0.1) is 6.54 Å². The Hall–Kier alpha value is -2.28. The Morgan fingerprint density at radius 1 is 1.26 bits per heavy atom. The van der Waals surface area contributed by atoms with E-state index in [1.54, 1.807) is 0 Å². The van der Waals surface area contributed by atoms with Crippen LogP contribution >= 0.6 is 11.6 Å². The van der Waals surface area contributed by atoms with Crippen molar-refractivity contribution in [3.8, 4) is 0 Å². The minimum absolute atomic E-state index is 0.0456. The maximum Gasteiger partial charge on any atom is 0.242 e. The van der Waals surface area contributed by atoms with E-state index < -0.39 is 0 Å². The number of halogens is 1. The molecule has 0 unspecified atom stereocenters. The van der Waals surface area contributed by atoms with Crippen LogP contribution in [0.2, 0.25) is 5.02 Å². The van der Waals surface area contributed by atoms with E-state index in [1.165, 1.54) is 0 Å². The van der Waals surface area contributed by atoms with Gasteiger partial charge in [-0.1, -0.05) is 23.7 Å². The Balaban J connectivity index is 1.55. The Kier molecular flexibility index (Phi) is 6.55. The molecule has 8 heteroatoms. The summed E-state index contributed by atoms with van der Waals surface area (Å²) >= 11 is 5.91. The van der Waals surface area contributed by atoms with Crippen molar-refractivity contribution in [1.82, 2.24) is 20.4 Å². The summed E-state index contributed by atoms with van der Waals surface area (Å²) in [5.41, 5.74) is 1.05. The second-order valence-electron chi connectivity index (χ2n) is 6.88. The number of benzene rings is 1. The molecule has 1 heterocycles. The number of nitrogens with zero attached hydrogens (tertiary/aromatic N) is 3. The molecule has 2 amide bonds. The Bertz CT molecular complexity index is 703. The molecule has 0 bridgehead atoms. The third-order valence-electron chi connectivity index (χ3n) is 4.55. The summed E-state index contributed by atoms with van der Waals surface area (Å²) in [6.45, 7) is 4.85. The maximum absolute atomic E-state index is 12.6. The lowest BCUT2D eigenvalue weighted by atomic mass is 10.2. The zero-order valence-corrected chi connectivity index (χ0v) is 16.3. The predicted octanol–water partition coefficient (Wildman–Crippen LogP) is 1.23. The number of rotatable bonds is 6. The van der Waals surface area contributed by atoms with Crippen LogP contribution in [0.15, 0.2) is 29.3 Å². The number of amides is 2. The van der Waals surface area contributed by atoms with Gasteiger partial charge in [-0.25, -0.2) is 4.99 Å². The first kappa shape index (κ1) is 19.5. The Morgan fingerprint density at radius 2 is 2.00 bits per heavy atom. The molecule has 2 N–H and O–H groups in total. The average molecular weight is 392 g/mol. The van der Waals surface area contributed by atoms with Crippen LogP contribution in [0.3, 0.4) is 0 Å². The predicted molar refractivity (Wildman–Crippen MR) is 106 cm³/mol. The van der Waals surface area contributed by atoms with Crippen LogP contribution in [0.25, 0.3) is 0 Å². The molecule has 2 aliphatic rings. The van der Waals surface area contributed by atoms with Crippen molar-refractivity contribution in [1.29, 1.82) is 0 Å². The van der Waals surface area contributed by atoms with E-state index in [9.17, 15) is 9.59 Å². The monoisotopic (exact) mass is 391 g/mol. The number of nitrogens with one attached hydrogen (secondary N) is 2. The van der Waals surface area contributed by atoms with Gasteiger partial charge < -0.3 is 20.4 Å². The van der Waals surface area contributed by atoms with Gasteiger partial charge >= 0.3 is 0 Å². The number of piperazine rings is 1. The van der Waals surface area contributed by atoms with Gasteiger partial charge in [0, 0.05) is 37.2 Å².